The lowest BCUT2D eigenvalue weighted by molar-refractivity contribution is -0.117. The molecule has 29 heavy (non-hydrogen) atoms. The van der Waals surface area contributed by atoms with Crippen molar-refractivity contribution in [2.45, 2.75) is 33.0 Å². The van der Waals surface area contributed by atoms with Gasteiger partial charge in [-0.05, 0) is 35.2 Å². The highest BCUT2D eigenvalue weighted by atomic mass is 16.5. The molecule has 154 valence electrons. The molecule has 6 heteroatoms. The lowest BCUT2D eigenvalue weighted by Crippen LogP contribution is -2.52. The molecule has 0 saturated carbocycles. The second kappa shape index (κ2) is 8.66. The molecule has 1 aliphatic rings. The molecule has 6 nitrogen and oxygen atoms in total. The number of carbonyl (C=O) groups excluding carboxylic acids is 2. The van der Waals surface area contributed by atoms with Gasteiger partial charge in [-0.2, -0.15) is 0 Å². The van der Waals surface area contributed by atoms with Gasteiger partial charge in [0.1, 0.15) is 6.10 Å². The summed E-state index contributed by atoms with van der Waals surface area (Å²) in [6.45, 7) is 7.34. The van der Waals surface area contributed by atoms with E-state index in [4.69, 9.17) is 9.47 Å². The summed E-state index contributed by atoms with van der Waals surface area (Å²) in [5.74, 6) is -0.408. The lowest BCUT2D eigenvalue weighted by Gasteiger charge is -2.43. The topological polar surface area (TPSA) is 67.9 Å². The van der Waals surface area contributed by atoms with Gasteiger partial charge < -0.3 is 19.7 Å². The molecule has 1 saturated heterocycles. The number of hydrogen-bond donors (Lipinski definition) is 1. The van der Waals surface area contributed by atoms with Crippen LogP contribution in [0.15, 0.2) is 54.6 Å². The summed E-state index contributed by atoms with van der Waals surface area (Å²) in [4.78, 5) is 26.3. The van der Waals surface area contributed by atoms with Gasteiger partial charge in [-0.3, -0.25) is 0 Å². The highest BCUT2D eigenvalue weighted by molar-refractivity contribution is 5.92. The number of nitrogens with zero attached hydrogens (tertiary/aromatic N) is 1. The average molecular weight is 396 g/mol. The minimum atomic E-state index is -0.408. The van der Waals surface area contributed by atoms with Gasteiger partial charge in [0.15, 0.2) is 0 Å². The molecule has 1 aliphatic heterocycles. The normalized spacial score (nSPS) is 19.5. The van der Waals surface area contributed by atoms with E-state index in [9.17, 15) is 9.59 Å². The van der Waals surface area contributed by atoms with Crippen LogP contribution in [0.5, 0.6) is 0 Å². The van der Waals surface area contributed by atoms with Crippen LogP contribution in [0.1, 0.15) is 42.8 Å². The van der Waals surface area contributed by atoms with Gasteiger partial charge >= 0.3 is 12.0 Å². The minimum absolute atomic E-state index is 0.0890. The molecular weight excluding hydrogens is 368 g/mol. The molecule has 1 fully saturated rings. The first-order valence-electron chi connectivity index (χ1n) is 9.72. The average Bonchev–Trinajstić information content (AvgIpc) is 2.73. The van der Waals surface area contributed by atoms with Crippen LogP contribution in [-0.4, -0.2) is 43.2 Å². The number of anilines is 1. The van der Waals surface area contributed by atoms with E-state index >= 15 is 0 Å². The second-order valence-electron chi connectivity index (χ2n) is 8.29. The van der Waals surface area contributed by atoms with Crippen LogP contribution in [0, 0.1) is 5.41 Å². The Morgan fingerprint density at radius 2 is 1.69 bits per heavy atom. The van der Waals surface area contributed by atoms with E-state index in [2.05, 4.69) is 26.1 Å². The van der Waals surface area contributed by atoms with Crippen molar-refractivity contribution in [1.82, 2.24) is 4.90 Å². The first-order chi connectivity index (χ1) is 13.8. The Labute approximate surface area is 171 Å². The Kier molecular flexibility index (Phi) is 6.23. The highest BCUT2D eigenvalue weighted by Crippen LogP contribution is 2.33. The lowest BCUT2D eigenvalue weighted by atomic mass is 9.87. The van der Waals surface area contributed by atoms with Gasteiger partial charge in [0.2, 0.25) is 0 Å². The van der Waals surface area contributed by atoms with E-state index in [0.717, 1.165) is 5.56 Å². The molecule has 2 atom stereocenters. The van der Waals surface area contributed by atoms with Crippen molar-refractivity contribution in [3.8, 4) is 0 Å². The van der Waals surface area contributed by atoms with Crippen molar-refractivity contribution < 1.29 is 19.1 Å². The zero-order valence-electron chi connectivity index (χ0n) is 17.3. The summed E-state index contributed by atoms with van der Waals surface area (Å²) in [5, 5.41) is 2.92. The summed E-state index contributed by atoms with van der Waals surface area (Å²) >= 11 is 0. The first-order valence-corrected chi connectivity index (χ1v) is 9.72. The van der Waals surface area contributed by atoms with E-state index in [1.54, 1.807) is 29.2 Å². The number of urea groups is 1. The van der Waals surface area contributed by atoms with Crippen LogP contribution in [0.2, 0.25) is 0 Å². The van der Waals surface area contributed by atoms with Gasteiger partial charge in [-0.1, -0.05) is 51.1 Å². The van der Waals surface area contributed by atoms with E-state index in [0.29, 0.717) is 24.3 Å². The first kappa shape index (κ1) is 20.9. The van der Waals surface area contributed by atoms with Crippen molar-refractivity contribution in [2.24, 2.45) is 5.41 Å². The van der Waals surface area contributed by atoms with Crippen molar-refractivity contribution in [1.29, 1.82) is 0 Å². The molecule has 0 bridgehead atoms. The molecule has 0 aromatic heterocycles. The second-order valence-corrected chi connectivity index (χ2v) is 8.29. The van der Waals surface area contributed by atoms with Crippen molar-refractivity contribution in [3.63, 3.8) is 0 Å². The Morgan fingerprint density at radius 1 is 1.03 bits per heavy atom. The number of esters is 1. The van der Waals surface area contributed by atoms with Crippen LogP contribution in [0.4, 0.5) is 10.5 Å². The van der Waals surface area contributed by atoms with E-state index < -0.39 is 5.97 Å². The van der Waals surface area contributed by atoms with Crippen LogP contribution in [0.25, 0.3) is 0 Å². The molecule has 1 heterocycles. The number of ether oxygens (including phenoxy) is 2. The molecule has 2 amide bonds. The van der Waals surface area contributed by atoms with Crippen molar-refractivity contribution >= 4 is 17.7 Å². The van der Waals surface area contributed by atoms with E-state index in [1.807, 2.05) is 30.3 Å². The van der Waals surface area contributed by atoms with Crippen LogP contribution in [0.3, 0.4) is 0 Å². The number of carbonyl (C=O) groups is 2. The highest BCUT2D eigenvalue weighted by Gasteiger charge is 2.37. The zero-order valence-corrected chi connectivity index (χ0v) is 17.3. The van der Waals surface area contributed by atoms with Gasteiger partial charge in [0, 0.05) is 12.2 Å². The maximum Gasteiger partial charge on any atom is 0.337 e. The fourth-order valence-corrected chi connectivity index (χ4v) is 3.26. The largest absolute Gasteiger partial charge is 0.465 e. The Balaban J connectivity index is 1.74. The van der Waals surface area contributed by atoms with Gasteiger partial charge in [-0.25, -0.2) is 9.59 Å². The third-order valence-corrected chi connectivity index (χ3v) is 5.08. The predicted octanol–water partition coefficient (Wildman–Crippen LogP) is 4.49. The van der Waals surface area contributed by atoms with Crippen LogP contribution in [-0.2, 0) is 9.47 Å². The summed E-state index contributed by atoms with van der Waals surface area (Å²) in [6.07, 6.45) is -0.268. The van der Waals surface area contributed by atoms with Gasteiger partial charge in [0.05, 0.1) is 25.3 Å². The molecular formula is C23H28N2O4. The van der Waals surface area contributed by atoms with Crippen LogP contribution >= 0.6 is 0 Å². The van der Waals surface area contributed by atoms with Crippen molar-refractivity contribution in [2.75, 3.05) is 25.5 Å². The third-order valence-electron chi connectivity index (χ3n) is 5.08. The van der Waals surface area contributed by atoms with Crippen LogP contribution < -0.4 is 5.32 Å². The Bertz CT molecular complexity index is 843. The molecule has 3 rings (SSSR count). The predicted molar refractivity (Wildman–Crippen MR) is 112 cm³/mol. The molecule has 0 radical (unpaired) electrons. The summed E-state index contributed by atoms with van der Waals surface area (Å²) < 4.78 is 11.1. The Morgan fingerprint density at radius 3 is 2.28 bits per heavy atom. The molecule has 2 aromatic carbocycles. The van der Waals surface area contributed by atoms with Gasteiger partial charge in [-0.15, -0.1) is 0 Å². The number of benzene rings is 2. The number of rotatable bonds is 3. The fraction of sp³-hybridized carbons (Fsp3) is 0.391. The maximum absolute atomic E-state index is 13.0. The van der Waals surface area contributed by atoms with E-state index in [-0.39, 0.29) is 23.7 Å². The molecule has 0 aliphatic carbocycles. The number of amides is 2. The number of methoxy groups -OCH3 is 1. The molecule has 1 N–H and O–H groups in total. The monoisotopic (exact) mass is 396 g/mol. The molecule has 0 spiro atoms. The number of nitrogens with one attached hydrogen (secondary N) is 1. The van der Waals surface area contributed by atoms with Gasteiger partial charge in [0.25, 0.3) is 0 Å². The van der Waals surface area contributed by atoms with E-state index in [1.165, 1.54) is 7.11 Å². The summed E-state index contributed by atoms with van der Waals surface area (Å²) in [6, 6.07) is 16.4. The third kappa shape index (κ3) is 5.15. The quantitative estimate of drug-likeness (QED) is 0.776. The standard InChI is InChI=1S/C23H28N2O4/c1-23(2,3)20-15-25(14-19(29-20)16-8-6-5-7-9-16)22(27)24-18-12-10-17(11-13-18)21(26)28-4/h5-13,19-20H,14-15H2,1-4H3,(H,24,27)/t19-,20+/m0/s1. The summed E-state index contributed by atoms with van der Waals surface area (Å²) in [7, 11) is 1.34. The smallest absolute Gasteiger partial charge is 0.337 e. The summed E-state index contributed by atoms with van der Waals surface area (Å²) in [5.41, 5.74) is 2.02. The Hall–Kier alpha value is -2.86. The number of hydrogen-bond acceptors (Lipinski definition) is 4. The number of morpholine rings is 1. The fourth-order valence-electron chi connectivity index (χ4n) is 3.26. The zero-order chi connectivity index (χ0) is 21.0. The maximum atomic E-state index is 13.0. The SMILES string of the molecule is COC(=O)c1ccc(NC(=O)N2C[C@@H](c3ccccc3)O[C@@H](C(C)(C)C)C2)cc1. The minimum Gasteiger partial charge on any atom is -0.465 e. The molecule has 0 unspecified atom stereocenters. The van der Waals surface area contributed by atoms with Crippen molar-refractivity contribution in [3.05, 3.63) is 65.7 Å². The molecule has 2 aromatic rings.